The molecule has 14 heteroatoms. The molecule has 38 heavy (non-hydrogen) atoms. The molecule has 1 aromatic heterocycles. The summed E-state index contributed by atoms with van der Waals surface area (Å²) in [6.45, 7) is -0.772. The number of nitrogens with zero attached hydrogens (tertiary/aromatic N) is 3. The van der Waals surface area contributed by atoms with Gasteiger partial charge in [-0.15, -0.1) is 5.10 Å². The molecule has 0 amide bonds. The van der Waals surface area contributed by atoms with Crippen molar-refractivity contribution in [1.29, 1.82) is 0 Å². The van der Waals surface area contributed by atoms with Crippen molar-refractivity contribution >= 4 is 21.9 Å². The summed E-state index contributed by atoms with van der Waals surface area (Å²) >= 11 is 3.32. The number of carboxylic acid groups (broad SMARTS) is 1. The normalized spacial score (nSPS) is 24.3. The van der Waals surface area contributed by atoms with Crippen LogP contribution in [0, 0.1) is 17.5 Å². The lowest BCUT2D eigenvalue weighted by atomic mass is 9.89. The fourth-order valence-corrected chi connectivity index (χ4v) is 4.54. The van der Waals surface area contributed by atoms with Gasteiger partial charge in [-0.05, 0) is 29.8 Å². The van der Waals surface area contributed by atoms with Crippen molar-refractivity contribution in [2.24, 2.45) is 0 Å². The zero-order valence-electron chi connectivity index (χ0n) is 19.7. The van der Waals surface area contributed by atoms with E-state index in [0.717, 1.165) is 21.3 Å². The number of aliphatic hydroxyl groups is 2. The quantitative estimate of drug-likeness (QED) is 0.316. The minimum Gasteiger partial charge on any atom is -0.479 e. The van der Waals surface area contributed by atoms with E-state index in [1.54, 1.807) is 24.3 Å². The predicted octanol–water partition coefficient (Wildman–Crippen LogP) is 2.47. The number of carbonyl (C=O) groups is 1. The molecule has 6 atom stereocenters. The Morgan fingerprint density at radius 3 is 2.45 bits per heavy atom. The highest BCUT2D eigenvalue weighted by Crippen LogP contribution is 2.35. The SMILES string of the molecule is COC1[C@H]([C@H](OCc2ccc(Br)cc2)C(=O)O)OC(CO)[C@H](O)[C@@H]1n1cc(-c2cc(F)c(F)c(F)c2)nn1. The Morgan fingerprint density at radius 2 is 1.87 bits per heavy atom. The van der Waals surface area contributed by atoms with E-state index in [9.17, 15) is 33.3 Å². The summed E-state index contributed by atoms with van der Waals surface area (Å²) in [4.78, 5) is 12.2. The molecule has 2 heterocycles. The molecule has 4 rings (SSSR count). The lowest BCUT2D eigenvalue weighted by molar-refractivity contribution is -0.244. The standard InChI is InChI=1S/C24H23BrF3N3O7/c1-36-21-19(31-8-16(29-30-31)12-6-14(26)18(28)15(27)7-12)20(33)17(9-32)38-22(21)23(24(34)35)37-10-11-2-4-13(25)5-3-11/h2-8,17,19-23,32-33H,9-10H2,1H3,(H,34,35)/t17?,19-,20-,21?,22+,23-/m0/s1. The largest absolute Gasteiger partial charge is 0.479 e. The van der Waals surface area contributed by atoms with Gasteiger partial charge < -0.3 is 29.5 Å². The molecule has 0 aliphatic carbocycles. The molecular formula is C24H23BrF3N3O7. The smallest absolute Gasteiger partial charge is 0.335 e. The van der Waals surface area contributed by atoms with Gasteiger partial charge in [0, 0.05) is 17.1 Å². The number of aliphatic hydroxyl groups excluding tert-OH is 2. The molecule has 1 fully saturated rings. The number of hydrogen-bond donors (Lipinski definition) is 3. The van der Waals surface area contributed by atoms with Crippen molar-refractivity contribution in [3.05, 3.63) is 70.1 Å². The van der Waals surface area contributed by atoms with Gasteiger partial charge in [-0.25, -0.2) is 22.6 Å². The van der Waals surface area contributed by atoms with Gasteiger partial charge in [-0.3, -0.25) is 0 Å². The summed E-state index contributed by atoms with van der Waals surface area (Å²) in [5.74, 6) is -5.87. The molecule has 10 nitrogen and oxygen atoms in total. The fourth-order valence-electron chi connectivity index (χ4n) is 4.27. The third kappa shape index (κ3) is 5.75. The highest BCUT2D eigenvalue weighted by atomic mass is 79.9. The number of benzene rings is 2. The van der Waals surface area contributed by atoms with E-state index in [1.807, 2.05) is 0 Å². The Balaban J connectivity index is 1.65. The third-order valence-electron chi connectivity index (χ3n) is 6.16. The number of hydrogen-bond acceptors (Lipinski definition) is 8. The van der Waals surface area contributed by atoms with Crippen molar-refractivity contribution in [3.63, 3.8) is 0 Å². The minimum absolute atomic E-state index is 0.0604. The van der Waals surface area contributed by atoms with Crippen LogP contribution >= 0.6 is 15.9 Å². The van der Waals surface area contributed by atoms with Crippen LogP contribution in [0.1, 0.15) is 11.6 Å². The summed E-state index contributed by atoms with van der Waals surface area (Å²) < 4.78 is 59.8. The number of ether oxygens (including phenoxy) is 3. The first-order valence-corrected chi connectivity index (χ1v) is 12.1. The minimum atomic E-state index is -1.64. The van der Waals surface area contributed by atoms with Gasteiger partial charge in [0.15, 0.2) is 23.6 Å². The van der Waals surface area contributed by atoms with Crippen molar-refractivity contribution < 1.29 is 47.5 Å². The molecule has 2 unspecified atom stereocenters. The van der Waals surface area contributed by atoms with Crippen molar-refractivity contribution in [3.8, 4) is 11.3 Å². The first-order valence-electron chi connectivity index (χ1n) is 11.3. The summed E-state index contributed by atoms with van der Waals surface area (Å²) in [6.07, 6.45) is -5.60. The van der Waals surface area contributed by atoms with Gasteiger partial charge in [0.1, 0.15) is 36.2 Å². The van der Waals surface area contributed by atoms with E-state index >= 15 is 0 Å². The first kappa shape index (κ1) is 28.1. The number of aromatic nitrogens is 3. The van der Waals surface area contributed by atoms with Crippen molar-refractivity contribution in [1.82, 2.24) is 15.0 Å². The van der Waals surface area contributed by atoms with Crippen LogP contribution in [-0.4, -0.2) is 80.5 Å². The number of rotatable bonds is 9. The monoisotopic (exact) mass is 601 g/mol. The molecule has 1 aliphatic heterocycles. The maximum Gasteiger partial charge on any atom is 0.335 e. The molecule has 204 valence electrons. The van der Waals surface area contributed by atoms with Crippen LogP contribution in [0.25, 0.3) is 11.3 Å². The Kier molecular flexibility index (Phi) is 8.80. The zero-order valence-corrected chi connectivity index (χ0v) is 21.3. The Bertz CT molecular complexity index is 1260. The van der Waals surface area contributed by atoms with Gasteiger partial charge in [-0.2, -0.15) is 0 Å². The Morgan fingerprint density at radius 1 is 1.21 bits per heavy atom. The van der Waals surface area contributed by atoms with Crippen LogP contribution in [0.5, 0.6) is 0 Å². The van der Waals surface area contributed by atoms with Gasteiger partial charge >= 0.3 is 5.97 Å². The molecule has 1 aliphatic rings. The van der Waals surface area contributed by atoms with Crippen LogP contribution in [-0.2, 0) is 25.6 Å². The molecule has 3 N–H and O–H groups in total. The molecule has 2 aromatic carbocycles. The fraction of sp³-hybridized carbons (Fsp3) is 0.375. The molecule has 3 aromatic rings. The number of methoxy groups -OCH3 is 1. The second kappa shape index (κ2) is 11.9. The summed E-state index contributed by atoms with van der Waals surface area (Å²) in [5, 5.41) is 38.5. The van der Waals surface area contributed by atoms with E-state index < -0.39 is 66.6 Å². The maximum absolute atomic E-state index is 13.7. The molecular weight excluding hydrogens is 579 g/mol. The number of aliphatic carboxylic acids is 1. The number of carboxylic acids is 1. The summed E-state index contributed by atoms with van der Waals surface area (Å²) in [5.41, 5.74) is 0.494. The summed E-state index contributed by atoms with van der Waals surface area (Å²) in [6, 6.07) is 7.30. The second-order valence-electron chi connectivity index (χ2n) is 8.54. The zero-order chi connectivity index (χ0) is 27.6. The topological polar surface area (TPSA) is 136 Å². The van der Waals surface area contributed by atoms with Crippen LogP contribution in [0.4, 0.5) is 13.2 Å². The number of halogens is 4. The lowest BCUT2D eigenvalue weighted by Crippen LogP contribution is -2.61. The van der Waals surface area contributed by atoms with Gasteiger partial charge in [0.25, 0.3) is 0 Å². The van der Waals surface area contributed by atoms with E-state index in [1.165, 1.54) is 13.3 Å². The van der Waals surface area contributed by atoms with Crippen molar-refractivity contribution in [2.45, 2.75) is 43.2 Å². The van der Waals surface area contributed by atoms with E-state index in [2.05, 4.69) is 26.2 Å². The molecule has 0 saturated carbocycles. The van der Waals surface area contributed by atoms with Crippen LogP contribution in [0.3, 0.4) is 0 Å². The molecule has 1 saturated heterocycles. The highest BCUT2D eigenvalue weighted by molar-refractivity contribution is 9.10. The highest BCUT2D eigenvalue weighted by Gasteiger charge is 2.51. The van der Waals surface area contributed by atoms with E-state index in [4.69, 9.17) is 14.2 Å². The van der Waals surface area contributed by atoms with Gasteiger partial charge in [0.05, 0.1) is 19.4 Å². The van der Waals surface area contributed by atoms with Crippen LogP contribution < -0.4 is 0 Å². The summed E-state index contributed by atoms with van der Waals surface area (Å²) in [7, 11) is 1.26. The molecule has 0 bridgehead atoms. The average Bonchev–Trinajstić information content (AvgIpc) is 3.38. The second-order valence-corrected chi connectivity index (χ2v) is 9.45. The third-order valence-corrected chi connectivity index (χ3v) is 6.68. The predicted molar refractivity (Wildman–Crippen MR) is 127 cm³/mol. The average molecular weight is 602 g/mol. The van der Waals surface area contributed by atoms with E-state index in [0.29, 0.717) is 5.56 Å². The molecule has 0 radical (unpaired) electrons. The molecule has 0 spiro atoms. The van der Waals surface area contributed by atoms with Crippen LogP contribution in [0.15, 0.2) is 47.1 Å². The maximum atomic E-state index is 13.7. The lowest BCUT2D eigenvalue weighted by Gasteiger charge is -2.45. The Labute approximate surface area is 222 Å². The van der Waals surface area contributed by atoms with E-state index in [-0.39, 0.29) is 17.9 Å². The van der Waals surface area contributed by atoms with Gasteiger partial charge in [0.2, 0.25) is 0 Å². The van der Waals surface area contributed by atoms with Gasteiger partial charge in [-0.1, -0.05) is 33.3 Å². The van der Waals surface area contributed by atoms with Crippen LogP contribution in [0.2, 0.25) is 0 Å². The Hall–Kier alpha value is -2.88. The van der Waals surface area contributed by atoms with Crippen molar-refractivity contribution in [2.75, 3.05) is 13.7 Å². The first-order chi connectivity index (χ1) is 18.1.